The maximum Gasteiger partial charge on any atom is 0.0538 e. The number of nitrogen functional groups attached to an aromatic ring is 1. The molecule has 17 heavy (non-hydrogen) atoms. The zero-order chi connectivity index (χ0) is 12.7. The molecule has 0 amide bonds. The molecule has 1 heterocycles. The second-order valence-corrected chi connectivity index (χ2v) is 5.10. The number of anilines is 1. The molecule has 0 aliphatic carbocycles. The van der Waals surface area contributed by atoms with E-state index >= 15 is 0 Å². The molecule has 0 bridgehead atoms. The highest BCUT2D eigenvalue weighted by molar-refractivity contribution is 5.97. The highest BCUT2D eigenvalue weighted by Crippen LogP contribution is 2.35. The SMILES string of the molecule is CCc1c(C)n(C)c2c(C(C)C)ccc(N)c12. The van der Waals surface area contributed by atoms with Crippen LogP contribution in [0.3, 0.4) is 0 Å². The van der Waals surface area contributed by atoms with Gasteiger partial charge in [0.25, 0.3) is 0 Å². The summed E-state index contributed by atoms with van der Waals surface area (Å²) in [4.78, 5) is 0. The molecule has 1 aromatic heterocycles. The molecule has 0 spiro atoms. The summed E-state index contributed by atoms with van der Waals surface area (Å²) >= 11 is 0. The van der Waals surface area contributed by atoms with Crippen LogP contribution in [0.1, 0.15) is 43.5 Å². The number of rotatable bonds is 2. The van der Waals surface area contributed by atoms with Gasteiger partial charge in [-0.3, -0.25) is 0 Å². The fourth-order valence-electron chi connectivity index (χ4n) is 2.75. The van der Waals surface area contributed by atoms with E-state index in [1.54, 1.807) is 0 Å². The molecule has 0 atom stereocenters. The van der Waals surface area contributed by atoms with Gasteiger partial charge in [-0.2, -0.15) is 0 Å². The number of benzene rings is 1. The maximum absolute atomic E-state index is 6.17. The number of aromatic nitrogens is 1. The molecule has 0 saturated heterocycles. The molecule has 0 aliphatic heterocycles. The van der Waals surface area contributed by atoms with E-state index in [0.717, 1.165) is 12.1 Å². The van der Waals surface area contributed by atoms with Crippen molar-refractivity contribution in [2.24, 2.45) is 7.05 Å². The first-order chi connectivity index (χ1) is 7.99. The third-order valence-corrected chi connectivity index (χ3v) is 3.79. The Kier molecular flexibility index (Phi) is 2.90. The molecule has 2 heteroatoms. The highest BCUT2D eigenvalue weighted by Gasteiger charge is 2.17. The second-order valence-electron chi connectivity index (χ2n) is 5.10. The lowest BCUT2D eigenvalue weighted by Crippen LogP contribution is -1.97. The van der Waals surface area contributed by atoms with Crippen molar-refractivity contribution in [2.75, 3.05) is 5.73 Å². The Bertz CT molecular complexity index is 562. The number of nitrogens with zero attached hydrogens (tertiary/aromatic N) is 1. The lowest BCUT2D eigenvalue weighted by molar-refractivity contribution is 0.844. The average Bonchev–Trinajstić information content (AvgIpc) is 2.54. The third kappa shape index (κ3) is 1.63. The van der Waals surface area contributed by atoms with Crippen LogP contribution >= 0.6 is 0 Å². The minimum absolute atomic E-state index is 0.524. The normalized spacial score (nSPS) is 11.6. The molecule has 0 fully saturated rings. The van der Waals surface area contributed by atoms with E-state index in [1.807, 2.05) is 0 Å². The largest absolute Gasteiger partial charge is 0.398 e. The van der Waals surface area contributed by atoms with Crippen molar-refractivity contribution in [3.8, 4) is 0 Å². The molecular formula is C15H22N2. The van der Waals surface area contributed by atoms with Gasteiger partial charge in [-0.1, -0.05) is 26.8 Å². The van der Waals surface area contributed by atoms with E-state index in [9.17, 15) is 0 Å². The average molecular weight is 230 g/mol. The van der Waals surface area contributed by atoms with Gasteiger partial charge in [-0.05, 0) is 36.5 Å². The van der Waals surface area contributed by atoms with Gasteiger partial charge in [0, 0.05) is 23.8 Å². The molecule has 2 N–H and O–H groups in total. The van der Waals surface area contributed by atoms with Gasteiger partial charge in [0.2, 0.25) is 0 Å². The summed E-state index contributed by atoms with van der Waals surface area (Å²) < 4.78 is 2.29. The molecule has 1 aromatic carbocycles. The zero-order valence-electron chi connectivity index (χ0n) is 11.5. The van der Waals surface area contributed by atoms with E-state index in [-0.39, 0.29) is 0 Å². The number of hydrogen-bond acceptors (Lipinski definition) is 1. The topological polar surface area (TPSA) is 30.9 Å². The molecule has 2 rings (SSSR count). The first-order valence-electron chi connectivity index (χ1n) is 6.35. The minimum Gasteiger partial charge on any atom is -0.398 e. The molecule has 0 radical (unpaired) electrons. The monoisotopic (exact) mass is 230 g/mol. The predicted octanol–water partition coefficient (Wildman–Crippen LogP) is 3.75. The van der Waals surface area contributed by atoms with Gasteiger partial charge in [-0.25, -0.2) is 0 Å². The Balaban J connectivity index is 2.97. The Labute approximate surface area is 103 Å². The van der Waals surface area contributed by atoms with E-state index in [1.165, 1.54) is 27.7 Å². The van der Waals surface area contributed by atoms with Crippen LogP contribution in [0.15, 0.2) is 12.1 Å². The summed E-state index contributed by atoms with van der Waals surface area (Å²) in [5.74, 6) is 0.524. The Hall–Kier alpha value is -1.44. The van der Waals surface area contributed by atoms with Crippen molar-refractivity contribution >= 4 is 16.6 Å². The van der Waals surface area contributed by atoms with Crippen molar-refractivity contribution < 1.29 is 0 Å². The van der Waals surface area contributed by atoms with Gasteiger partial charge in [0.05, 0.1) is 5.52 Å². The molecule has 92 valence electrons. The smallest absolute Gasteiger partial charge is 0.0538 e. The second kappa shape index (κ2) is 4.10. The lowest BCUT2D eigenvalue weighted by atomic mass is 9.97. The van der Waals surface area contributed by atoms with Crippen LogP contribution in [-0.2, 0) is 13.5 Å². The third-order valence-electron chi connectivity index (χ3n) is 3.79. The van der Waals surface area contributed by atoms with Crippen molar-refractivity contribution in [1.29, 1.82) is 0 Å². The van der Waals surface area contributed by atoms with Crippen LogP contribution in [0, 0.1) is 6.92 Å². The summed E-state index contributed by atoms with van der Waals surface area (Å²) in [5.41, 5.74) is 12.5. The number of fused-ring (bicyclic) bond motifs is 1. The fraction of sp³-hybridized carbons (Fsp3) is 0.467. The van der Waals surface area contributed by atoms with Gasteiger partial charge in [0.15, 0.2) is 0 Å². The number of hydrogen-bond donors (Lipinski definition) is 1. The van der Waals surface area contributed by atoms with E-state index in [0.29, 0.717) is 5.92 Å². The van der Waals surface area contributed by atoms with Crippen LogP contribution in [0.4, 0.5) is 5.69 Å². The Morgan fingerprint density at radius 2 is 1.94 bits per heavy atom. The quantitative estimate of drug-likeness (QED) is 0.782. The zero-order valence-corrected chi connectivity index (χ0v) is 11.5. The van der Waals surface area contributed by atoms with Crippen molar-refractivity contribution in [3.05, 3.63) is 29.0 Å². The first-order valence-corrected chi connectivity index (χ1v) is 6.35. The molecule has 2 aromatic rings. The van der Waals surface area contributed by atoms with Crippen LogP contribution in [0.5, 0.6) is 0 Å². The van der Waals surface area contributed by atoms with Crippen LogP contribution < -0.4 is 5.73 Å². The first kappa shape index (κ1) is 12.0. The molecular weight excluding hydrogens is 208 g/mol. The van der Waals surface area contributed by atoms with Crippen molar-refractivity contribution in [2.45, 2.75) is 40.0 Å². The van der Waals surface area contributed by atoms with Crippen molar-refractivity contribution in [3.63, 3.8) is 0 Å². The number of nitrogens with two attached hydrogens (primary N) is 1. The lowest BCUT2D eigenvalue weighted by Gasteiger charge is -2.11. The van der Waals surface area contributed by atoms with E-state index < -0.39 is 0 Å². The summed E-state index contributed by atoms with van der Waals surface area (Å²) in [6, 6.07) is 4.22. The predicted molar refractivity (Wildman–Crippen MR) is 75.5 cm³/mol. The van der Waals surface area contributed by atoms with E-state index in [2.05, 4.69) is 51.4 Å². The minimum atomic E-state index is 0.524. The Morgan fingerprint density at radius 3 is 2.47 bits per heavy atom. The fourth-order valence-corrected chi connectivity index (χ4v) is 2.75. The van der Waals surface area contributed by atoms with Gasteiger partial charge in [-0.15, -0.1) is 0 Å². The summed E-state index contributed by atoms with van der Waals surface area (Å²) in [7, 11) is 2.14. The van der Waals surface area contributed by atoms with E-state index in [4.69, 9.17) is 5.73 Å². The number of aryl methyl sites for hydroxylation is 2. The van der Waals surface area contributed by atoms with Crippen LogP contribution in [-0.4, -0.2) is 4.57 Å². The summed E-state index contributed by atoms with van der Waals surface area (Å²) in [6.07, 6.45) is 1.04. The van der Waals surface area contributed by atoms with Crippen LogP contribution in [0.2, 0.25) is 0 Å². The highest BCUT2D eigenvalue weighted by atomic mass is 15.0. The standard InChI is InChI=1S/C15H22N2/c1-6-11-10(4)17(5)15-12(9(2)3)7-8-13(16)14(11)15/h7-9H,6,16H2,1-5H3. The summed E-state index contributed by atoms with van der Waals surface area (Å²) in [6.45, 7) is 8.85. The molecule has 0 aliphatic rings. The Morgan fingerprint density at radius 1 is 1.29 bits per heavy atom. The van der Waals surface area contributed by atoms with Gasteiger partial charge >= 0.3 is 0 Å². The summed E-state index contributed by atoms with van der Waals surface area (Å²) in [5, 5.41) is 1.26. The van der Waals surface area contributed by atoms with Crippen molar-refractivity contribution in [1.82, 2.24) is 4.57 Å². The van der Waals surface area contributed by atoms with Gasteiger partial charge < -0.3 is 10.3 Å². The molecule has 0 saturated carbocycles. The van der Waals surface area contributed by atoms with Gasteiger partial charge in [0.1, 0.15) is 0 Å². The van der Waals surface area contributed by atoms with Crippen LogP contribution in [0.25, 0.3) is 10.9 Å². The maximum atomic E-state index is 6.17. The molecule has 0 unspecified atom stereocenters. The molecule has 2 nitrogen and oxygen atoms in total.